The van der Waals surface area contributed by atoms with Gasteiger partial charge in [-0.2, -0.15) is 0 Å². The molecule has 0 fully saturated rings. The van der Waals surface area contributed by atoms with Crippen LogP contribution in [0.5, 0.6) is 0 Å². The Balaban J connectivity index is 1.27. The number of rotatable bonds is 6. The Morgan fingerprint density at radius 3 is 1.61 bits per heavy atom. The normalized spacial score (nSPS) is 14.0. The molecule has 1 aromatic heterocycles. The van der Waals surface area contributed by atoms with Crippen molar-refractivity contribution in [2.75, 3.05) is 4.90 Å². The van der Waals surface area contributed by atoms with Crippen LogP contribution in [0.3, 0.4) is 0 Å². The van der Waals surface area contributed by atoms with E-state index in [0.717, 1.165) is 55.3 Å². The molecular formula is C49H33NO. The predicted molar refractivity (Wildman–Crippen MR) is 211 cm³/mol. The van der Waals surface area contributed by atoms with Crippen molar-refractivity contribution < 1.29 is 9.90 Å². The number of para-hydroxylation sites is 3. The molecule has 0 N–H and O–H groups in total. The monoisotopic (exact) mass is 655 g/mol. The molecule has 240 valence electrons. The third kappa shape index (κ3) is 4.43. The highest BCUT2D eigenvalue weighted by Gasteiger charge is 2.45. The maximum Gasteiger partial charge on any atom is 0.159 e. The van der Waals surface area contributed by atoms with E-state index < -0.39 is 5.41 Å². The second kappa shape index (κ2) is 11.8. The van der Waals surface area contributed by atoms with Crippen molar-refractivity contribution in [2.24, 2.45) is 0 Å². The van der Waals surface area contributed by atoms with Gasteiger partial charge in [-0.05, 0) is 69.2 Å². The van der Waals surface area contributed by atoms with Crippen molar-refractivity contribution in [1.82, 2.24) is 0 Å². The summed E-state index contributed by atoms with van der Waals surface area (Å²) in [6, 6.07) is 57.5. The van der Waals surface area contributed by atoms with Gasteiger partial charge in [-0.1, -0.05) is 170 Å². The van der Waals surface area contributed by atoms with E-state index in [1.54, 1.807) is 0 Å². The molecule has 0 amide bonds. The van der Waals surface area contributed by atoms with E-state index in [-0.39, 0.29) is 29.9 Å². The van der Waals surface area contributed by atoms with Crippen LogP contribution in [0.15, 0.2) is 205 Å². The molecule has 2 nitrogen and oxygen atoms in total. The molecule has 0 saturated heterocycles. The minimum Gasteiger partial charge on any atom is -0.453 e. The van der Waals surface area contributed by atoms with Gasteiger partial charge in [0.25, 0.3) is 0 Å². The highest BCUT2D eigenvalue weighted by atomic mass is 16.3. The molecule has 0 bridgehead atoms. The fraction of sp³-hybridized carbons (Fsp3) is 0.0204. The van der Waals surface area contributed by atoms with Gasteiger partial charge in [0.05, 0.1) is 16.6 Å². The van der Waals surface area contributed by atoms with Crippen LogP contribution in [0.4, 0.5) is 17.1 Å². The molecule has 0 saturated carbocycles. The minimum atomic E-state index is -1.10. The van der Waals surface area contributed by atoms with Crippen LogP contribution in [0.1, 0.15) is 27.7 Å². The van der Waals surface area contributed by atoms with Crippen molar-refractivity contribution in [2.45, 2.75) is 5.41 Å². The first kappa shape index (κ1) is 25.3. The van der Waals surface area contributed by atoms with Crippen LogP contribution in [-0.2, 0) is 5.41 Å². The number of hydrogen-bond donors (Lipinski definition) is 0. The molecule has 1 aliphatic carbocycles. The Hall–Kier alpha value is -6.64. The second-order valence-corrected chi connectivity index (χ2v) is 12.9. The SMILES string of the molecule is [2H]c1c([2H])c(C2(c3ccccc3)c3ccccc3-c3ccccc32)c([2H])c([2H])c1N(c1ccccc1)c1cccc2c1oc1c(-c3ccccc3)cccc12. The van der Waals surface area contributed by atoms with Crippen LogP contribution in [0, 0.1) is 0 Å². The van der Waals surface area contributed by atoms with Crippen molar-refractivity contribution in [3.63, 3.8) is 0 Å². The molecule has 51 heavy (non-hydrogen) atoms. The second-order valence-electron chi connectivity index (χ2n) is 12.9. The molecule has 0 radical (unpaired) electrons. The molecule has 9 aromatic rings. The molecule has 0 aliphatic heterocycles. The molecule has 0 unspecified atom stereocenters. The third-order valence-corrected chi connectivity index (χ3v) is 10.2. The number of anilines is 3. The van der Waals surface area contributed by atoms with Gasteiger partial charge < -0.3 is 9.32 Å². The highest BCUT2D eigenvalue weighted by Crippen LogP contribution is 2.56. The van der Waals surface area contributed by atoms with Gasteiger partial charge in [0, 0.05) is 27.7 Å². The number of furan rings is 1. The molecular weight excluding hydrogens is 619 g/mol. The minimum absolute atomic E-state index is 0.101. The lowest BCUT2D eigenvalue weighted by Gasteiger charge is -2.34. The molecule has 2 heteroatoms. The van der Waals surface area contributed by atoms with Crippen molar-refractivity contribution >= 4 is 39.0 Å². The van der Waals surface area contributed by atoms with Crippen molar-refractivity contribution in [1.29, 1.82) is 0 Å². The van der Waals surface area contributed by atoms with Gasteiger partial charge in [0.2, 0.25) is 0 Å². The summed E-state index contributed by atoms with van der Waals surface area (Å²) in [4.78, 5) is 1.82. The average molecular weight is 656 g/mol. The smallest absolute Gasteiger partial charge is 0.159 e. The summed E-state index contributed by atoms with van der Waals surface area (Å²) in [6.07, 6.45) is 0. The first-order valence-corrected chi connectivity index (χ1v) is 17.2. The van der Waals surface area contributed by atoms with Gasteiger partial charge in [-0.25, -0.2) is 0 Å². The van der Waals surface area contributed by atoms with E-state index in [1.165, 1.54) is 0 Å². The molecule has 10 rings (SSSR count). The summed E-state index contributed by atoms with van der Waals surface area (Å²) >= 11 is 0. The van der Waals surface area contributed by atoms with E-state index in [9.17, 15) is 5.48 Å². The number of nitrogens with zero attached hydrogens (tertiary/aromatic N) is 1. The summed E-state index contributed by atoms with van der Waals surface area (Å²) in [6.45, 7) is 0. The molecule has 1 heterocycles. The fourth-order valence-electron chi connectivity index (χ4n) is 8.05. The lowest BCUT2D eigenvalue weighted by molar-refractivity contribution is 0.670. The van der Waals surface area contributed by atoms with Crippen LogP contribution in [-0.4, -0.2) is 0 Å². The lowest BCUT2D eigenvalue weighted by atomic mass is 9.68. The van der Waals surface area contributed by atoms with E-state index in [2.05, 4.69) is 48.5 Å². The Labute approximate surface area is 303 Å². The van der Waals surface area contributed by atoms with Crippen LogP contribution in [0.25, 0.3) is 44.2 Å². The summed E-state index contributed by atoms with van der Waals surface area (Å²) in [5.74, 6) is 0. The maximum atomic E-state index is 9.95. The van der Waals surface area contributed by atoms with E-state index in [1.807, 2.05) is 132 Å². The van der Waals surface area contributed by atoms with Gasteiger partial charge in [-0.15, -0.1) is 0 Å². The molecule has 0 spiro atoms. The Morgan fingerprint density at radius 2 is 0.941 bits per heavy atom. The third-order valence-electron chi connectivity index (χ3n) is 10.2. The van der Waals surface area contributed by atoms with Crippen LogP contribution >= 0.6 is 0 Å². The summed E-state index contributed by atoms with van der Waals surface area (Å²) in [5, 5.41) is 1.84. The highest BCUT2D eigenvalue weighted by molar-refractivity contribution is 6.13. The number of benzene rings is 8. The molecule has 0 atom stereocenters. The molecule has 8 aromatic carbocycles. The predicted octanol–water partition coefficient (Wildman–Crippen LogP) is 13.1. The lowest BCUT2D eigenvalue weighted by Crippen LogP contribution is -2.28. The average Bonchev–Trinajstić information content (AvgIpc) is 3.77. The summed E-state index contributed by atoms with van der Waals surface area (Å²) in [5.41, 5.74) is 8.74. The largest absolute Gasteiger partial charge is 0.453 e. The summed E-state index contributed by atoms with van der Waals surface area (Å²) < 4.78 is 46.5. The zero-order valence-corrected chi connectivity index (χ0v) is 27.6. The Kier molecular flexibility index (Phi) is 5.84. The maximum absolute atomic E-state index is 9.95. The van der Waals surface area contributed by atoms with Gasteiger partial charge in [0.15, 0.2) is 5.58 Å². The van der Waals surface area contributed by atoms with Gasteiger partial charge >= 0.3 is 0 Å². The van der Waals surface area contributed by atoms with Gasteiger partial charge in [0.1, 0.15) is 5.58 Å². The number of fused-ring (bicyclic) bond motifs is 6. The first-order valence-electron chi connectivity index (χ1n) is 19.2. The van der Waals surface area contributed by atoms with Gasteiger partial charge in [-0.3, -0.25) is 0 Å². The zero-order valence-electron chi connectivity index (χ0n) is 31.6. The van der Waals surface area contributed by atoms with Crippen LogP contribution in [0.2, 0.25) is 0 Å². The van der Waals surface area contributed by atoms with Crippen molar-refractivity contribution in [3.05, 3.63) is 222 Å². The summed E-state index contributed by atoms with van der Waals surface area (Å²) in [7, 11) is 0. The van der Waals surface area contributed by atoms with E-state index in [0.29, 0.717) is 22.5 Å². The van der Waals surface area contributed by atoms with Crippen LogP contribution < -0.4 is 4.90 Å². The Morgan fingerprint density at radius 1 is 0.412 bits per heavy atom. The fourth-order valence-corrected chi connectivity index (χ4v) is 8.05. The molecule has 1 aliphatic rings. The number of hydrogen-bond acceptors (Lipinski definition) is 2. The Bertz CT molecular complexity index is 2850. The van der Waals surface area contributed by atoms with Crippen molar-refractivity contribution in [3.8, 4) is 22.3 Å². The quantitative estimate of drug-likeness (QED) is 0.177. The topological polar surface area (TPSA) is 16.4 Å². The zero-order chi connectivity index (χ0) is 37.3. The van der Waals surface area contributed by atoms with E-state index >= 15 is 0 Å². The standard InChI is InChI=1S/C49H33NO/c1-4-16-34(17-5-1)39-24-14-25-42-43-26-15-29-46(48(43)51-47(39)42)50(37-20-8-3-9-21-37)38-32-30-36(31-33-38)49(35-18-6-2-7-19-35)44-27-12-10-22-40(44)41-23-11-13-28-45(41)49/h1-33H/i30D,31D,32D,33D. The van der Waals surface area contributed by atoms with E-state index in [4.69, 9.17) is 4.42 Å². The first-order chi connectivity index (χ1) is 27.0.